The van der Waals surface area contributed by atoms with Crippen molar-refractivity contribution in [2.75, 3.05) is 0 Å². The lowest BCUT2D eigenvalue weighted by Gasteiger charge is -2.37. The third kappa shape index (κ3) is 6.36. The predicted molar refractivity (Wildman–Crippen MR) is 112 cm³/mol. The minimum Gasteiger partial charge on any atom is -0.403 e. The van der Waals surface area contributed by atoms with Gasteiger partial charge in [-0.25, -0.2) is 4.39 Å². The predicted octanol–water partition coefficient (Wildman–Crippen LogP) is 8.33. The second-order valence-corrected chi connectivity index (χ2v) is 8.93. The first-order valence-electron chi connectivity index (χ1n) is 11.1. The second kappa shape index (κ2) is 10.0. The number of ether oxygens (including phenoxy) is 1. The van der Waals surface area contributed by atoms with Crippen LogP contribution in [0.3, 0.4) is 0 Å². The van der Waals surface area contributed by atoms with E-state index in [4.69, 9.17) is 0 Å². The molecule has 2 aliphatic carbocycles. The molecule has 1 aromatic rings. The van der Waals surface area contributed by atoms with Crippen molar-refractivity contribution >= 4 is 0 Å². The van der Waals surface area contributed by atoms with E-state index in [1.165, 1.54) is 37.3 Å². The Morgan fingerprint density at radius 1 is 0.967 bits per heavy atom. The summed E-state index contributed by atoms with van der Waals surface area (Å²) in [5.74, 6) is 0.715. The van der Waals surface area contributed by atoms with Crippen molar-refractivity contribution < 1.29 is 22.3 Å². The first-order chi connectivity index (χ1) is 14.2. The number of halogens is 4. The first kappa shape index (κ1) is 22.9. The maximum Gasteiger partial charge on any atom is 0.573 e. The van der Waals surface area contributed by atoms with Crippen molar-refractivity contribution in [2.24, 2.45) is 17.8 Å². The van der Waals surface area contributed by atoms with Crippen LogP contribution in [0.1, 0.15) is 76.7 Å². The SMILES string of the molecule is CC=CC(C)=CC1CCC(C2CCC(c3ccc(OC(F)(F)F)c(F)c3)CC2)CC1. The lowest BCUT2D eigenvalue weighted by atomic mass is 9.68. The highest BCUT2D eigenvalue weighted by atomic mass is 19.4. The van der Waals surface area contributed by atoms with E-state index in [9.17, 15) is 17.6 Å². The van der Waals surface area contributed by atoms with Crippen molar-refractivity contribution in [3.05, 3.63) is 53.4 Å². The van der Waals surface area contributed by atoms with E-state index in [0.29, 0.717) is 5.92 Å². The van der Waals surface area contributed by atoms with Gasteiger partial charge in [0.1, 0.15) is 0 Å². The molecule has 0 unspecified atom stereocenters. The number of hydrogen-bond acceptors (Lipinski definition) is 1. The minimum atomic E-state index is -4.87. The number of allylic oxidation sites excluding steroid dienone is 4. The molecule has 2 fully saturated rings. The summed E-state index contributed by atoms with van der Waals surface area (Å²) in [7, 11) is 0. The van der Waals surface area contributed by atoms with E-state index in [0.717, 1.165) is 49.1 Å². The molecule has 0 heterocycles. The minimum absolute atomic E-state index is 0.221. The molecule has 3 rings (SSSR count). The Morgan fingerprint density at radius 3 is 2.10 bits per heavy atom. The van der Waals surface area contributed by atoms with E-state index in [-0.39, 0.29) is 5.92 Å². The van der Waals surface area contributed by atoms with Gasteiger partial charge in [-0.3, -0.25) is 0 Å². The van der Waals surface area contributed by atoms with Crippen LogP contribution in [0.2, 0.25) is 0 Å². The van der Waals surface area contributed by atoms with Crippen molar-refractivity contribution in [3.63, 3.8) is 0 Å². The smallest absolute Gasteiger partial charge is 0.403 e. The maximum atomic E-state index is 14.0. The summed E-state index contributed by atoms with van der Waals surface area (Å²) in [4.78, 5) is 0. The van der Waals surface area contributed by atoms with Crippen LogP contribution in [0.5, 0.6) is 5.75 Å². The van der Waals surface area contributed by atoms with Crippen LogP contribution in [0.25, 0.3) is 0 Å². The largest absolute Gasteiger partial charge is 0.573 e. The summed E-state index contributed by atoms with van der Waals surface area (Å²) < 4.78 is 54.7. The Kier molecular flexibility index (Phi) is 7.65. The lowest BCUT2D eigenvalue weighted by molar-refractivity contribution is -0.275. The fraction of sp³-hybridized carbons (Fsp3) is 0.600. The van der Waals surface area contributed by atoms with Gasteiger partial charge in [-0.15, -0.1) is 13.2 Å². The number of benzene rings is 1. The van der Waals surface area contributed by atoms with Crippen LogP contribution in [0.15, 0.2) is 42.0 Å². The molecule has 0 saturated heterocycles. The van der Waals surface area contributed by atoms with E-state index in [2.05, 4.69) is 29.9 Å². The average molecular weight is 425 g/mol. The zero-order valence-electron chi connectivity index (χ0n) is 17.9. The fourth-order valence-corrected chi connectivity index (χ4v) is 5.38. The summed E-state index contributed by atoms with van der Waals surface area (Å²) in [6.07, 6.45) is 11.0. The summed E-state index contributed by atoms with van der Waals surface area (Å²) >= 11 is 0. The van der Waals surface area contributed by atoms with E-state index < -0.39 is 17.9 Å². The molecule has 0 N–H and O–H groups in total. The lowest BCUT2D eigenvalue weighted by Crippen LogP contribution is -2.25. The number of alkyl halides is 3. The van der Waals surface area contributed by atoms with Gasteiger partial charge in [0.25, 0.3) is 0 Å². The zero-order chi connectivity index (χ0) is 21.7. The molecule has 0 bridgehead atoms. The van der Waals surface area contributed by atoms with E-state index in [1.54, 1.807) is 6.07 Å². The standard InChI is InChI=1S/C25H32F4O/c1-3-4-17(2)15-18-5-7-19(8-6-18)20-9-11-21(12-10-20)22-13-14-24(23(26)16-22)30-25(27,28)29/h3-4,13-16,18-21H,5-12H2,1-2H3. The highest BCUT2D eigenvalue weighted by Crippen LogP contribution is 2.44. The first-order valence-corrected chi connectivity index (χ1v) is 11.1. The molecular formula is C25H32F4O. The van der Waals surface area contributed by atoms with Gasteiger partial charge >= 0.3 is 6.36 Å². The molecule has 0 aliphatic heterocycles. The molecule has 0 aromatic heterocycles. The molecule has 166 valence electrons. The Labute approximate surface area is 177 Å². The van der Waals surface area contributed by atoms with Crippen LogP contribution in [0, 0.1) is 23.6 Å². The van der Waals surface area contributed by atoms with Crippen LogP contribution < -0.4 is 4.74 Å². The summed E-state index contributed by atoms with van der Waals surface area (Å²) in [5, 5.41) is 0. The summed E-state index contributed by atoms with van der Waals surface area (Å²) in [6.45, 7) is 4.21. The Bertz CT molecular complexity index is 749. The quantitative estimate of drug-likeness (QED) is 0.341. The molecule has 1 aromatic carbocycles. The van der Waals surface area contributed by atoms with Gasteiger partial charge in [0, 0.05) is 0 Å². The molecular weight excluding hydrogens is 392 g/mol. The average Bonchev–Trinajstić information content (AvgIpc) is 2.69. The van der Waals surface area contributed by atoms with Gasteiger partial charge < -0.3 is 4.74 Å². The zero-order valence-corrected chi connectivity index (χ0v) is 17.9. The van der Waals surface area contributed by atoms with E-state index in [1.807, 2.05) is 6.92 Å². The van der Waals surface area contributed by atoms with Crippen LogP contribution >= 0.6 is 0 Å². The number of rotatable bonds is 5. The van der Waals surface area contributed by atoms with Gasteiger partial charge in [0.05, 0.1) is 0 Å². The molecule has 0 amide bonds. The molecule has 5 heteroatoms. The van der Waals surface area contributed by atoms with Crippen LogP contribution in [-0.4, -0.2) is 6.36 Å². The second-order valence-electron chi connectivity index (χ2n) is 8.93. The van der Waals surface area contributed by atoms with Crippen LogP contribution in [0.4, 0.5) is 17.6 Å². The third-order valence-electron chi connectivity index (χ3n) is 6.84. The third-order valence-corrected chi connectivity index (χ3v) is 6.84. The number of hydrogen-bond donors (Lipinski definition) is 0. The van der Waals surface area contributed by atoms with Gasteiger partial charge in [-0.2, -0.15) is 0 Å². The summed E-state index contributed by atoms with van der Waals surface area (Å²) in [5.41, 5.74) is 2.13. The van der Waals surface area contributed by atoms with E-state index >= 15 is 0 Å². The molecule has 30 heavy (non-hydrogen) atoms. The maximum absolute atomic E-state index is 14.0. The topological polar surface area (TPSA) is 9.23 Å². The molecule has 0 radical (unpaired) electrons. The molecule has 2 aliphatic rings. The molecule has 2 saturated carbocycles. The fourth-order valence-electron chi connectivity index (χ4n) is 5.38. The van der Waals surface area contributed by atoms with Gasteiger partial charge in [-0.05, 0) is 107 Å². The van der Waals surface area contributed by atoms with Crippen LogP contribution in [-0.2, 0) is 0 Å². The van der Waals surface area contributed by atoms with Gasteiger partial charge in [0.15, 0.2) is 11.6 Å². The van der Waals surface area contributed by atoms with Gasteiger partial charge in [0.2, 0.25) is 0 Å². The van der Waals surface area contributed by atoms with Crippen molar-refractivity contribution in [1.29, 1.82) is 0 Å². The normalized spacial score (nSPS) is 28.7. The van der Waals surface area contributed by atoms with Crippen molar-refractivity contribution in [1.82, 2.24) is 0 Å². The Morgan fingerprint density at radius 2 is 1.57 bits per heavy atom. The molecule has 1 nitrogen and oxygen atoms in total. The van der Waals surface area contributed by atoms with Gasteiger partial charge in [-0.1, -0.05) is 29.9 Å². The van der Waals surface area contributed by atoms with Crippen molar-refractivity contribution in [3.8, 4) is 5.75 Å². The Balaban J connectivity index is 1.50. The molecule has 0 spiro atoms. The Hall–Kier alpha value is -1.78. The molecule has 0 atom stereocenters. The van der Waals surface area contributed by atoms with Crippen molar-refractivity contribution in [2.45, 2.75) is 77.5 Å². The highest BCUT2D eigenvalue weighted by molar-refractivity contribution is 5.31. The summed E-state index contributed by atoms with van der Waals surface area (Å²) in [6, 6.07) is 3.91. The monoisotopic (exact) mass is 424 g/mol. The highest BCUT2D eigenvalue weighted by Gasteiger charge is 2.33.